The average Bonchev–Trinajstić information content (AvgIpc) is 3.19. The van der Waals surface area contributed by atoms with Crippen molar-refractivity contribution in [2.24, 2.45) is 0 Å². The first-order valence-electron chi connectivity index (χ1n) is 11.0. The van der Waals surface area contributed by atoms with Gasteiger partial charge in [-0.05, 0) is 38.6 Å². The van der Waals surface area contributed by atoms with Crippen LogP contribution in [-0.4, -0.2) is 35.0 Å². The number of carboxylic acid groups (broad SMARTS) is 1. The van der Waals surface area contributed by atoms with Gasteiger partial charge in [0, 0.05) is 5.92 Å². The predicted molar refractivity (Wildman–Crippen MR) is 129 cm³/mol. The maximum absolute atomic E-state index is 12.8. The number of carboxylic acids is 1. The van der Waals surface area contributed by atoms with Crippen LogP contribution in [0.15, 0.2) is 91.0 Å². The van der Waals surface area contributed by atoms with Gasteiger partial charge in [0.25, 0.3) is 0 Å². The molecule has 2 atom stereocenters. The second-order valence-electron chi connectivity index (χ2n) is 8.30. The molecule has 5 rings (SSSR count). The van der Waals surface area contributed by atoms with Gasteiger partial charge in [0.2, 0.25) is 0 Å². The maximum atomic E-state index is 12.8. The van der Waals surface area contributed by atoms with Crippen molar-refractivity contribution in [3.05, 3.63) is 108 Å². The fraction of sp³-hybridized carbons (Fsp3) is 0.143. The van der Waals surface area contributed by atoms with Gasteiger partial charge in [-0.3, -0.25) is 0 Å². The lowest BCUT2D eigenvalue weighted by Gasteiger charge is -2.23. The molecule has 0 spiro atoms. The Labute approximate surface area is 196 Å². The molecule has 3 N–H and O–H groups in total. The van der Waals surface area contributed by atoms with Crippen LogP contribution >= 0.6 is 0 Å². The number of aliphatic hydroxyl groups is 1. The van der Waals surface area contributed by atoms with Crippen molar-refractivity contribution in [1.29, 1.82) is 0 Å². The van der Waals surface area contributed by atoms with Gasteiger partial charge >= 0.3 is 12.1 Å². The summed E-state index contributed by atoms with van der Waals surface area (Å²) < 4.78 is 5.58. The quantitative estimate of drug-likeness (QED) is 0.387. The minimum Gasteiger partial charge on any atom is -0.479 e. The summed E-state index contributed by atoms with van der Waals surface area (Å²) in [6, 6.07) is 27.6. The molecule has 1 aliphatic rings. The highest BCUT2D eigenvalue weighted by atomic mass is 16.5. The molecule has 0 aromatic heterocycles. The molecule has 4 aromatic carbocycles. The summed E-state index contributed by atoms with van der Waals surface area (Å²) in [6.07, 6.45) is -2.63. The van der Waals surface area contributed by atoms with E-state index >= 15 is 0 Å². The van der Waals surface area contributed by atoms with E-state index in [9.17, 15) is 19.8 Å². The van der Waals surface area contributed by atoms with E-state index in [0.717, 1.165) is 33.0 Å². The third-order valence-corrected chi connectivity index (χ3v) is 6.34. The zero-order valence-corrected chi connectivity index (χ0v) is 18.2. The smallest absolute Gasteiger partial charge is 0.407 e. The molecule has 0 aliphatic heterocycles. The van der Waals surface area contributed by atoms with Crippen molar-refractivity contribution in [3.8, 4) is 11.1 Å². The standard InChI is InChI=1S/C28H23NO5/c30-26(27(31)32)25(23-15-7-9-17-8-1-2-10-18(17)23)29-28(33)34-16-24-21-13-5-3-11-19(21)20-12-4-6-14-22(20)24/h1-15,24-26,30H,16H2,(H,29,33)(H,31,32)/t25-,26-/m0/s1. The van der Waals surface area contributed by atoms with E-state index in [0.29, 0.717) is 5.56 Å². The molecule has 0 heterocycles. The lowest BCUT2D eigenvalue weighted by Crippen LogP contribution is -2.41. The molecular formula is C28H23NO5. The Morgan fingerprint density at radius 3 is 2.09 bits per heavy atom. The number of aliphatic carboxylic acids is 1. The van der Waals surface area contributed by atoms with E-state index < -0.39 is 24.2 Å². The molecule has 1 aliphatic carbocycles. The van der Waals surface area contributed by atoms with Gasteiger partial charge in [-0.2, -0.15) is 0 Å². The number of hydrogen-bond acceptors (Lipinski definition) is 4. The number of aliphatic hydroxyl groups excluding tert-OH is 1. The van der Waals surface area contributed by atoms with Gasteiger partial charge in [0.15, 0.2) is 6.10 Å². The van der Waals surface area contributed by atoms with Crippen molar-refractivity contribution >= 4 is 22.8 Å². The molecule has 0 radical (unpaired) electrons. The van der Waals surface area contributed by atoms with E-state index in [2.05, 4.69) is 5.32 Å². The molecule has 0 fully saturated rings. The summed E-state index contributed by atoms with van der Waals surface area (Å²) in [5.41, 5.74) is 4.88. The Bertz CT molecular complexity index is 1330. The van der Waals surface area contributed by atoms with Crippen LogP contribution in [0.5, 0.6) is 0 Å². The van der Waals surface area contributed by atoms with Gasteiger partial charge in [-0.1, -0.05) is 91.0 Å². The number of fused-ring (bicyclic) bond motifs is 4. The third kappa shape index (κ3) is 3.89. The van der Waals surface area contributed by atoms with Crippen molar-refractivity contribution in [3.63, 3.8) is 0 Å². The number of amides is 1. The number of carbonyl (C=O) groups excluding carboxylic acids is 1. The molecule has 4 aromatic rings. The molecule has 0 unspecified atom stereocenters. The molecule has 6 nitrogen and oxygen atoms in total. The van der Waals surface area contributed by atoms with Crippen molar-refractivity contribution in [2.45, 2.75) is 18.1 Å². The van der Waals surface area contributed by atoms with Crippen LogP contribution in [0, 0.1) is 0 Å². The minimum absolute atomic E-state index is 0.0886. The number of ether oxygens (including phenoxy) is 1. The normalized spacial score (nSPS) is 14.1. The maximum Gasteiger partial charge on any atom is 0.407 e. The van der Waals surface area contributed by atoms with E-state index in [1.165, 1.54) is 0 Å². The highest BCUT2D eigenvalue weighted by Gasteiger charge is 2.32. The Morgan fingerprint density at radius 1 is 0.824 bits per heavy atom. The van der Waals surface area contributed by atoms with E-state index in [-0.39, 0.29) is 12.5 Å². The van der Waals surface area contributed by atoms with Gasteiger partial charge < -0.3 is 20.3 Å². The summed E-state index contributed by atoms with van der Waals surface area (Å²) in [6.45, 7) is 0.0886. The number of hydrogen-bond donors (Lipinski definition) is 3. The van der Waals surface area contributed by atoms with Gasteiger partial charge in [-0.25, -0.2) is 9.59 Å². The molecule has 6 heteroatoms. The Balaban J connectivity index is 1.39. The number of benzene rings is 4. The lowest BCUT2D eigenvalue weighted by atomic mass is 9.95. The minimum atomic E-state index is -1.84. The number of rotatable bonds is 6. The van der Waals surface area contributed by atoms with Gasteiger partial charge in [0.1, 0.15) is 6.61 Å². The third-order valence-electron chi connectivity index (χ3n) is 6.34. The van der Waals surface area contributed by atoms with E-state index in [1.54, 1.807) is 12.1 Å². The molecule has 0 saturated heterocycles. The Kier molecular flexibility index (Phi) is 5.74. The summed E-state index contributed by atoms with van der Waals surface area (Å²) in [4.78, 5) is 24.5. The Morgan fingerprint density at radius 2 is 1.41 bits per heavy atom. The average molecular weight is 453 g/mol. The zero-order chi connectivity index (χ0) is 23.7. The molecule has 1 amide bonds. The van der Waals surface area contributed by atoms with Crippen LogP contribution in [-0.2, 0) is 9.53 Å². The SMILES string of the molecule is O=C(N[C@@H](c1cccc2ccccc12)[C@H](O)C(=O)O)OCC1c2ccccc2-c2ccccc21. The summed E-state index contributed by atoms with van der Waals surface area (Å²) in [7, 11) is 0. The molecule has 34 heavy (non-hydrogen) atoms. The van der Waals surface area contributed by atoms with Crippen LogP contribution in [0.25, 0.3) is 21.9 Å². The monoisotopic (exact) mass is 453 g/mol. The fourth-order valence-electron chi connectivity index (χ4n) is 4.76. The largest absolute Gasteiger partial charge is 0.479 e. The number of carbonyl (C=O) groups is 2. The summed E-state index contributed by atoms with van der Waals surface area (Å²) in [5, 5.41) is 24.1. The molecule has 170 valence electrons. The van der Waals surface area contributed by atoms with Gasteiger partial charge in [0.05, 0.1) is 6.04 Å². The summed E-state index contributed by atoms with van der Waals surface area (Å²) >= 11 is 0. The van der Waals surface area contributed by atoms with Crippen LogP contribution in [0.1, 0.15) is 28.7 Å². The summed E-state index contributed by atoms with van der Waals surface area (Å²) in [5.74, 6) is -1.56. The van der Waals surface area contributed by atoms with Crippen molar-refractivity contribution in [2.75, 3.05) is 6.61 Å². The topological polar surface area (TPSA) is 95.9 Å². The molecular weight excluding hydrogens is 430 g/mol. The van der Waals surface area contributed by atoms with Crippen LogP contribution in [0.4, 0.5) is 4.79 Å². The first-order chi connectivity index (χ1) is 16.5. The zero-order valence-electron chi connectivity index (χ0n) is 18.2. The van der Waals surface area contributed by atoms with E-state index in [4.69, 9.17) is 4.74 Å². The number of nitrogens with one attached hydrogen (secondary N) is 1. The number of alkyl carbamates (subject to hydrolysis) is 1. The van der Waals surface area contributed by atoms with E-state index in [1.807, 2.05) is 78.9 Å². The lowest BCUT2D eigenvalue weighted by molar-refractivity contribution is -0.148. The Hall–Kier alpha value is -4.16. The highest BCUT2D eigenvalue weighted by Crippen LogP contribution is 2.44. The first-order valence-corrected chi connectivity index (χ1v) is 11.0. The second-order valence-corrected chi connectivity index (χ2v) is 8.30. The van der Waals surface area contributed by atoms with Crippen LogP contribution in [0.2, 0.25) is 0 Å². The molecule has 0 saturated carbocycles. The van der Waals surface area contributed by atoms with Crippen LogP contribution < -0.4 is 5.32 Å². The first kappa shape index (κ1) is 21.7. The van der Waals surface area contributed by atoms with Crippen molar-refractivity contribution < 1.29 is 24.5 Å². The van der Waals surface area contributed by atoms with Crippen LogP contribution in [0.3, 0.4) is 0 Å². The molecule has 0 bridgehead atoms. The van der Waals surface area contributed by atoms with Gasteiger partial charge in [-0.15, -0.1) is 0 Å². The van der Waals surface area contributed by atoms with Crippen molar-refractivity contribution in [1.82, 2.24) is 5.32 Å². The predicted octanol–water partition coefficient (Wildman–Crippen LogP) is 4.87. The second kappa shape index (κ2) is 9.00. The highest BCUT2D eigenvalue weighted by molar-refractivity contribution is 5.88. The fourth-order valence-corrected chi connectivity index (χ4v) is 4.76.